The number of hydrogen-bond donors (Lipinski definition) is 1. The molecule has 0 aromatic heterocycles. The lowest BCUT2D eigenvalue weighted by molar-refractivity contribution is -0.119. The van der Waals surface area contributed by atoms with E-state index in [1.54, 1.807) is 4.90 Å². The molecule has 1 heterocycles. The molecule has 1 aromatic carbocycles. The number of benzene rings is 1. The van der Waals surface area contributed by atoms with Crippen molar-refractivity contribution in [3.8, 4) is 0 Å². The van der Waals surface area contributed by atoms with Gasteiger partial charge in [-0.25, -0.2) is 0 Å². The van der Waals surface area contributed by atoms with Gasteiger partial charge in [0.2, 0.25) is 5.91 Å². The van der Waals surface area contributed by atoms with E-state index < -0.39 is 0 Å². The van der Waals surface area contributed by atoms with Crippen molar-refractivity contribution in [2.45, 2.75) is 32.2 Å². The van der Waals surface area contributed by atoms with Gasteiger partial charge in [-0.3, -0.25) is 4.79 Å². The number of hydrogen-bond acceptors (Lipinski definition) is 2. The molecule has 2 rings (SSSR count). The van der Waals surface area contributed by atoms with Crippen molar-refractivity contribution < 1.29 is 4.79 Å². The maximum atomic E-state index is 11.9. The number of anilines is 1. The molecule has 0 spiro atoms. The molecule has 0 saturated carbocycles. The van der Waals surface area contributed by atoms with Crippen LogP contribution in [-0.4, -0.2) is 19.5 Å². The Morgan fingerprint density at radius 1 is 1.41 bits per heavy atom. The summed E-state index contributed by atoms with van der Waals surface area (Å²) in [6, 6.07) is 8.33. The van der Waals surface area contributed by atoms with Gasteiger partial charge < -0.3 is 10.2 Å². The first-order chi connectivity index (χ1) is 8.24. The zero-order valence-corrected chi connectivity index (χ0v) is 10.6. The normalized spacial score (nSPS) is 19.3. The van der Waals surface area contributed by atoms with E-state index >= 15 is 0 Å². The minimum atomic E-state index is 0.182. The zero-order chi connectivity index (χ0) is 12.3. The number of carbonyl (C=O) groups excluding carboxylic acids is 1. The van der Waals surface area contributed by atoms with E-state index in [1.165, 1.54) is 12.0 Å². The van der Waals surface area contributed by atoms with E-state index in [0.717, 1.165) is 18.7 Å². The molecule has 1 atom stereocenters. The number of nitrogens with one attached hydrogen (secondary N) is 1. The molecule has 1 N–H and O–H groups in total. The number of fused-ring (bicyclic) bond motifs is 1. The van der Waals surface area contributed by atoms with Crippen molar-refractivity contribution in [2.75, 3.05) is 18.5 Å². The van der Waals surface area contributed by atoms with E-state index in [1.807, 2.05) is 25.2 Å². The van der Waals surface area contributed by atoms with E-state index in [2.05, 4.69) is 18.3 Å². The smallest absolute Gasteiger partial charge is 0.228 e. The number of nitrogens with zero attached hydrogens (tertiary/aromatic N) is 1. The molecule has 92 valence electrons. The third-order valence-corrected chi connectivity index (χ3v) is 3.35. The summed E-state index contributed by atoms with van der Waals surface area (Å²) in [5.41, 5.74) is 2.28. The molecule has 3 nitrogen and oxygen atoms in total. The van der Waals surface area contributed by atoms with Gasteiger partial charge in [-0.2, -0.15) is 0 Å². The Labute approximate surface area is 103 Å². The van der Waals surface area contributed by atoms with Gasteiger partial charge in [0.1, 0.15) is 0 Å². The lowest BCUT2D eigenvalue weighted by atomic mass is 9.96. The third kappa shape index (κ3) is 2.50. The summed E-state index contributed by atoms with van der Waals surface area (Å²) in [4.78, 5) is 13.6. The van der Waals surface area contributed by atoms with Crippen LogP contribution >= 0.6 is 0 Å². The van der Waals surface area contributed by atoms with Crippen LogP contribution < -0.4 is 10.2 Å². The fourth-order valence-corrected chi connectivity index (χ4v) is 2.28. The Kier molecular flexibility index (Phi) is 3.79. The number of para-hydroxylation sites is 1. The Balaban J connectivity index is 2.18. The molecule has 0 saturated heterocycles. The van der Waals surface area contributed by atoms with E-state index in [-0.39, 0.29) is 11.9 Å². The number of carbonyl (C=O) groups is 1. The second-order valence-corrected chi connectivity index (χ2v) is 4.58. The van der Waals surface area contributed by atoms with Crippen LogP contribution in [0.25, 0.3) is 0 Å². The summed E-state index contributed by atoms with van der Waals surface area (Å²) < 4.78 is 0. The lowest BCUT2D eigenvalue weighted by Gasteiger charge is -2.32. The highest BCUT2D eigenvalue weighted by molar-refractivity contribution is 5.96. The third-order valence-electron chi connectivity index (χ3n) is 3.35. The van der Waals surface area contributed by atoms with Crippen molar-refractivity contribution in [3.05, 3.63) is 29.8 Å². The first kappa shape index (κ1) is 12.1. The van der Waals surface area contributed by atoms with Gasteiger partial charge in [-0.1, -0.05) is 31.5 Å². The van der Waals surface area contributed by atoms with Gasteiger partial charge in [0.05, 0.1) is 0 Å². The van der Waals surface area contributed by atoms with Gasteiger partial charge in [-0.15, -0.1) is 0 Å². The van der Waals surface area contributed by atoms with Crippen LogP contribution in [0.1, 0.15) is 37.8 Å². The molecule has 1 unspecified atom stereocenters. The van der Waals surface area contributed by atoms with Crippen molar-refractivity contribution in [1.82, 2.24) is 5.32 Å². The fourth-order valence-electron chi connectivity index (χ4n) is 2.28. The molecular formula is C14H20N2O. The molecular weight excluding hydrogens is 212 g/mol. The van der Waals surface area contributed by atoms with Gasteiger partial charge in [0.15, 0.2) is 0 Å². The molecule has 0 aliphatic carbocycles. The molecule has 1 aliphatic heterocycles. The van der Waals surface area contributed by atoms with E-state index in [0.29, 0.717) is 6.42 Å². The minimum absolute atomic E-state index is 0.182. The zero-order valence-electron chi connectivity index (χ0n) is 10.6. The predicted molar refractivity (Wildman–Crippen MR) is 70.1 cm³/mol. The summed E-state index contributed by atoms with van der Waals surface area (Å²) >= 11 is 0. The molecule has 0 bridgehead atoms. The lowest BCUT2D eigenvalue weighted by Crippen LogP contribution is -2.38. The van der Waals surface area contributed by atoms with E-state index in [9.17, 15) is 4.79 Å². The van der Waals surface area contributed by atoms with Gasteiger partial charge in [0.25, 0.3) is 0 Å². The highest BCUT2D eigenvalue weighted by atomic mass is 16.2. The molecule has 1 aliphatic rings. The summed E-state index contributed by atoms with van der Waals surface area (Å²) in [6.07, 6.45) is 2.90. The van der Waals surface area contributed by atoms with Crippen LogP contribution in [0.4, 0.5) is 5.69 Å². The van der Waals surface area contributed by atoms with Crippen molar-refractivity contribution in [2.24, 2.45) is 0 Å². The Morgan fingerprint density at radius 2 is 2.18 bits per heavy atom. The predicted octanol–water partition coefficient (Wildman–Crippen LogP) is 2.48. The van der Waals surface area contributed by atoms with Crippen molar-refractivity contribution in [1.29, 1.82) is 0 Å². The summed E-state index contributed by atoms with van der Waals surface area (Å²) in [7, 11) is 1.85. The van der Waals surface area contributed by atoms with Crippen molar-refractivity contribution in [3.63, 3.8) is 0 Å². The summed E-state index contributed by atoms with van der Waals surface area (Å²) in [6.45, 7) is 3.15. The van der Waals surface area contributed by atoms with Crippen LogP contribution in [0.3, 0.4) is 0 Å². The largest absolute Gasteiger partial charge is 0.315 e. The molecule has 3 heteroatoms. The quantitative estimate of drug-likeness (QED) is 0.809. The average Bonchev–Trinajstić information content (AvgIpc) is 2.36. The molecule has 0 radical (unpaired) electrons. The number of unbranched alkanes of at least 4 members (excludes halogenated alkanes) is 1. The molecule has 1 amide bonds. The monoisotopic (exact) mass is 232 g/mol. The molecule has 1 aromatic rings. The molecule has 17 heavy (non-hydrogen) atoms. The fraction of sp³-hybridized carbons (Fsp3) is 0.500. The van der Waals surface area contributed by atoms with Gasteiger partial charge >= 0.3 is 0 Å². The highest BCUT2D eigenvalue weighted by Gasteiger charge is 2.27. The standard InChI is InChI=1S/C14H20N2O/c1-3-4-9-15-12-10-14(17)16(2)13-8-6-5-7-11(12)13/h5-8,12,15H,3-4,9-10H2,1-2H3. The Morgan fingerprint density at radius 3 is 2.94 bits per heavy atom. The van der Waals surface area contributed by atoms with Gasteiger partial charge in [0, 0.05) is 25.2 Å². The first-order valence-electron chi connectivity index (χ1n) is 6.33. The number of amides is 1. The SMILES string of the molecule is CCCCNC1CC(=O)N(C)c2ccccc21. The van der Waals surface area contributed by atoms with Crippen LogP contribution in [0.2, 0.25) is 0 Å². The minimum Gasteiger partial charge on any atom is -0.315 e. The topological polar surface area (TPSA) is 32.3 Å². The Bertz CT molecular complexity index is 403. The first-order valence-corrected chi connectivity index (χ1v) is 6.33. The van der Waals surface area contributed by atoms with Crippen LogP contribution in [0, 0.1) is 0 Å². The second kappa shape index (κ2) is 5.32. The molecule has 0 fully saturated rings. The maximum Gasteiger partial charge on any atom is 0.228 e. The highest BCUT2D eigenvalue weighted by Crippen LogP contribution is 2.33. The van der Waals surface area contributed by atoms with E-state index in [4.69, 9.17) is 0 Å². The van der Waals surface area contributed by atoms with Crippen LogP contribution in [0.15, 0.2) is 24.3 Å². The number of rotatable bonds is 4. The average molecular weight is 232 g/mol. The summed E-state index contributed by atoms with van der Waals surface area (Å²) in [5.74, 6) is 0.192. The maximum absolute atomic E-state index is 11.9. The Hall–Kier alpha value is -1.35. The van der Waals surface area contributed by atoms with Crippen LogP contribution in [-0.2, 0) is 4.79 Å². The van der Waals surface area contributed by atoms with Crippen molar-refractivity contribution >= 4 is 11.6 Å². The second-order valence-electron chi connectivity index (χ2n) is 4.58. The summed E-state index contributed by atoms with van der Waals surface area (Å²) in [5, 5.41) is 3.48. The van der Waals surface area contributed by atoms with Crippen LogP contribution in [0.5, 0.6) is 0 Å². The van der Waals surface area contributed by atoms with Gasteiger partial charge in [-0.05, 0) is 24.6 Å².